The Morgan fingerprint density at radius 1 is 1.67 bits per heavy atom. The molecule has 0 radical (unpaired) electrons. The van der Waals surface area contributed by atoms with Crippen molar-refractivity contribution in [2.45, 2.75) is 18.9 Å². The number of piperidine rings is 1. The van der Waals surface area contributed by atoms with Gasteiger partial charge in [0.15, 0.2) is 0 Å². The van der Waals surface area contributed by atoms with Crippen molar-refractivity contribution in [1.82, 2.24) is 10.2 Å². The molecule has 1 rings (SSSR count). The van der Waals surface area contributed by atoms with E-state index in [4.69, 9.17) is 9.84 Å². The van der Waals surface area contributed by atoms with Gasteiger partial charge in [-0.15, -0.1) is 0 Å². The van der Waals surface area contributed by atoms with Crippen LogP contribution in [0, 0.1) is 0 Å². The Labute approximate surface area is 90.4 Å². The predicted molar refractivity (Wildman–Crippen MR) is 57.0 cm³/mol. The van der Waals surface area contributed by atoms with Crippen LogP contribution in [0.25, 0.3) is 0 Å². The van der Waals surface area contributed by atoms with Crippen molar-refractivity contribution in [3.63, 3.8) is 0 Å². The number of hydrogen-bond acceptors (Lipinski definition) is 4. The summed E-state index contributed by atoms with van der Waals surface area (Å²) in [6.07, 6.45) is 2.19. The lowest BCUT2D eigenvalue weighted by Crippen LogP contribution is -2.47. The van der Waals surface area contributed by atoms with Crippen molar-refractivity contribution >= 4 is 5.97 Å². The summed E-state index contributed by atoms with van der Waals surface area (Å²) in [5.74, 6) is -0.788. The van der Waals surface area contributed by atoms with Gasteiger partial charge in [0.05, 0.1) is 13.2 Å². The zero-order valence-corrected chi connectivity index (χ0v) is 9.24. The molecule has 5 nitrogen and oxygen atoms in total. The van der Waals surface area contributed by atoms with E-state index < -0.39 is 5.97 Å². The fourth-order valence-electron chi connectivity index (χ4n) is 1.88. The van der Waals surface area contributed by atoms with E-state index in [1.54, 1.807) is 7.11 Å². The largest absolute Gasteiger partial charge is 0.480 e. The van der Waals surface area contributed by atoms with Crippen molar-refractivity contribution in [2.24, 2.45) is 0 Å². The second kappa shape index (κ2) is 6.76. The van der Waals surface area contributed by atoms with Crippen molar-refractivity contribution in [3.05, 3.63) is 0 Å². The maximum absolute atomic E-state index is 10.4. The van der Waals surface area contributed by atoms with Gasteiger partial charge in [-0.1, -0.05) is 0 Å². The van der Waals surface area contributed by atoms with E-state index in [0.717, 1.165) is 39.1 Å². The second-order valence-corrected chi connectivity index (χ2v) is 3.91. The van der Waals surface area contributed by atoms with Crippen LogP contribution in [0.5, 0.6) is 0 Å². The van der Waals surface area contributed by atoms with Gasteiger partial charge in [0.25, 0.3) is 0 Å². The third-order valence-corrected chi connectivity index (χ3v) is 2.66. The predicted octanol–water partition coefficient (Wildman–Crippen LogP) is -0.229. The number of aliphatic carboxylic acids is 1. The Morgan fingerprint density at radius 2 is 2.47 bits per heavy atom. The molecule has 88 valence electrons. The van der Waals surface area contributed by atoms with Crippen LogP contribution in [0.3, 0.4) is 0 Å². The van der Waals surface area contributed by atoms with Crippen LogP contribution in [-0.4, -0.2) is 61.9 Å². The quantitative estimate of drug-likeness (QED) is 0.642. The molecule has 0 spiro atoms. The molecule has 1 fully saturated rings. The van der Waals surface area contributed by atoms with Crippen molar-refractivity contribution in [2.75, 3.05) is 39.9 Å². The zero-order valence-electron chi connectivity index (χ0n) is 9.24. The Kier molecular flexibility index (Phi) is 5.60. The molecule has 15 heavy (non-hydrogen) atoms. The number of carbonyl (C=O) groups is 1. The summed E-state index contributed by atoms with van der Waals surface area (Å²) in [5.41, 5.74) is 0. The number of nitrogens with zero attached hydrogens (tertiary/aromatic N) is 1. The Morgan fingerprint density at radius 3 is 3.13 bits per heavy atom. The molecule has 2 N–H and O–H groups in total. The maximum Gasteiger partial charge on any atom is 0.317 e. The number of carboxylic acid groups (broad SMARTS) is 1. The lowest BCUT2D eigenvalue weighted by atomic mass is 10.1. The fraction of sp³-hybridized carbons (Fsp3) is 0.900. The number of carboxylic acids is 1. The van der Waals surface area contributed by atoms with E-state index in [9.17, 15) is 4.79 Å². The van der Waals surface area contributed by atoms with E-state index in [2.05, 4.69) is 10.2 Å². The summed E-state index contributed by atoms with van der Waals surface area (Å²) < 4.78 is 5.02. The molecule has 1 aliphatic heterocycles. The van der Waals surface area contributed by atoms with E-state index >= 15 is 0 Å². The lowest BCUT2D eigenvalue weighted by Gasteiger charge is -2.32. The van der Waals surface area contributed by atoms with Crippen LogP contribution in [-0.2, 0) is 9.53 Å². The Hall–Kier alpha value is -0.650. The number of ether oxygens (including phenoxy) is 1. The number of methoxy groups -OCH3 is 1. The van der Waals surface area contributed by atoms with Crippen LogP contribution < -0.4 is 5.32 Å². The Bertz CT molecular complexity index is 199. The van der Waals surface area contributed by atoms with Gasteiger partial charge in [-0.25, -0.2) is 0 Å². The monoisotopic (exact) mass is 216 g/mol. The molecular formula is C10H20N2O3. The molecule has 1 unspecified atom stereocenters. The van der Waals surface area contributed by atoms with E-state index in [0.29, 0.717) is 6.04 Å². The molecule has 0 aromatic rings. The maximum atomic E-state index is 10.4. The summed E-state index contributed by atoms with van der Waals surface area (Å²) in [4.78, 5) is 12.7. The van der Waals surface area contributed by atoms with Gasteiger partial charge in [-0.3, -0.25) is 9.69 Å². The molecular weight excluding hydrogens is 196 g/mol. The zero-order chi connectivity index (χ0) is 11.1. The SMILES string of the molecule is COCCN1CCCC(NCC(=O)O)C1. The van der Waals surface area contributed by atoms with Gasteiger partial charge in [-0.05, 0) is 19.4 Å². The topological polar surface area (TPSA) is 61.8 Å². The van der Waals surface area contributed by atoms with Crippen LogP contribution in [0.1, 0.15) is 12.8 Å². The van der Waals surface area contributed by atoms with Crippen LogP contribution in [0.15, 0.2) is 0 Å². The van der Waals surface area contributed by atoms with Crippen molar-refractivity contribution < 1.29 is 14.6 Å². The summed E-state index contributed by atoms with van der Waals surface area (Å²) in [7, 11) is 1.70. The normalized spacial score (nSPS) is 22.9. The highest BCUT2D eigenvalue weighted by Crippen LogP contribution is 2.09. The van der Waals surface area contributed by atoms with Gasteiger partial charge in [0.1, 0.15) is 0 Å². The van der Waals surface area contributed by atoms with Gasteiger partial charge >= 0.3 is 5.97 Å². The first-order valence-corrected chi connectivity index (χ1v) is 5.39. The average molecular weight is 216 g/mol. The van der Waals surface area contributed by atoms with Gasteiger partial charge in [0.2, 0.25) is 0 Å². The van der Waals surface area contributed by atoms with E-state index in [-0.39, 0.29) is 6.54 Å². The second-order valence-electron chi connectivity index (χ2n) is 3.91. The van der Waals surface area contributed by atoms with E-state index in [1.807, 2.05) is 0 Å². The highest BCUT2D eigenvalue weighted by molar-refractivity contribution is 5.69. The first-order valence-electron chi connectivity index (χ1n) is 5.39. The van der Waals surface area contributed by atoms with Crippen molar-refractivity contribution in [3.8, 4) is 0 Å². The first-order chi connectivity index (χ1) is 7.22. The molecule has 0 amide bonds. The highest BCUT2D eigenvalue weighted by Gasteiger charge is 2.19. The van der Waals surface area contributed by atoms with Crippen LogP contribution in [0.2, 0.25) is 0 Å². The van der Waals surface area contributed by atoms with Crippen molar-refractivity contribution in [1.29, 1.82) is 0 Å². The molecule has 1 saturated heterocycles. The number of likely N-dealkylation sites (tertiary alicyclic amines) is 1. The lowest BCUT2D eigenvalue weighted by molar-refractivity contribution is -0.136. The standard InChI is InChI=1S/C10H20N2O3/c1-15-6-5-12-4-2-3-9(8-12)11-7-10(13)14/h9,11H,2-8H2,1H3,(H,13,14). The first kappa shape index (κ1) is 12.4. The third kappa shape index (κ3) is 5.11. The average Bonchev–Trinajstić information content (AvgIpc) is 2.24. The Balaban J connectivity index is 2.19. The minimum Gasteiger partial charge on any atom is -0.480 e. The smallest absolute Gasteiger partial charge is 0.317 e. The minimum absolute atomic E-state index is 0.0583. The molecule has 1 atom stereocenters. The summed E-state index contributed by atoms with van der Waals surface area (Å²) in [6.45, 7) is 3.75. The highest BCUT2D eigenvalue weighted by atomic mass is 16.5. The molecule has 5 heteroatoms. The number of hydrogen-bond donors (Lipinski definition) is 2. The number of nitrogens with one attached hydrogen (secondary N) is 1. The van der Waals surface area contributed by atoms with Gasteiger partial charge in [-0.2, -0.15) is 0 Å². The molecule has 1 heterocycles. The molecule has 0 bridgehead atoms. The van der Waals surface area contributed by atoms with Gasteiger partial charge < -0.3 is 15.2 Å². The summed E-state index contributed by atoms with van der Waals surface area (Å²) in [6, 6.07) is 0.312. The summed E-state index contributed by atoms with van der Waals surface area (Å²) >= 11 is 0. The van der Waals surface area contributed by atoms with Crippen LogP contribution >= 0.6 is 0 Å². The fourth-order valence-corrected chi connectivity index (χ4v) is 1.88. The van der Waals surface area contributed by atoms with E-state index in [1.165, 1.54) is 0 Å². The molecule has 0 aromatic carbocycles. The molecule has 0 saturated carbocycles. The minimum atomic E-state index is -0.788. The molecule has 0 aromatic heterocycles. The molecule has 1 aliphatic rings. The van der Waals surface area contributed by atoms with Crippen LogP contribution in [0.4, 0.5) is 0 Å². The third-order valence-electron chi connectivity index (χ3n) is 2.66. The molecule has 0 aliphatic carbocycles. The van der Waals surface area contributed by atoms with Gasteiger partial charge in [0, 0.05) is 26.2 Å². The summed E-state index contributed by atoms with van der Waals surface area (Å²) in [5, 5.41) is 11.6. The number of rotatable bonds is 6.